The van der Waals surface area contributed by atoms with E-state index in [0.29, 0.717) is 31.3 Å². The van der Waals surface area contributed by atoms with Crippen LogP contribution in [0.4, 0.5) is 0 Å². The largest absolute Gasteiger partial charge is 0.468 e. The fourth-order valence-corrected chi connectivity index (χ4v) is 3.89. The van der Waals surface area contributed by atoms with Crippen LogP contribution in [0.25, 0.3) is 0 Å². The molecule has 1 aromatic heterocycles. The summed E-state index contributed by atoms with van der Waals surface area (Å²) >= 11 is 0. The lowest BCUT2D eigenvalue weighted by Gasteiger charge is -2.39. The zero-order valence-electron chi connectivity index (χ0n) is 15.3. The van der Waals surface area contributed by atoms with Crippen LogP contribution in [0, 0.1) is 0 Å². The van der Waals surface area contributed by atoms with Gasteiger partial charge >= 0.3 is 5.97 Å². The van der Waals surface area contributed by atoms with Crippen molar-refractivity contribution in [3.05, 3.63) is 11.9 Å². The van der Waals surface area contributed by atoms with Crippen LogP contribution in [0.2, 0.25) is 0 Å². The number of rotatable bonds is 4. The second-order valence-electron chi connectivity index (χ2n) is 6.38. The quantitative estimate of drug-likeness (QED) is 0.258. The first-order valence-corrected chi connectivity index (χ1v) is 9.47. The van der Waals surface area contributed by atoms with Gasteiger partial charge in [0.15, 0.2) is 15.8 Å². The molecule has 2 heterocycles. The van der Waals surface area contributed by atoms with Crippen LogP contribution < -0.4 is 5.32 Å². The Balaban J connectivity index is 0.00000338. The van der Waals surface area contributed by atoms with Gasteiger partial charge in [0.2, 0.25) is 0 Å². The van der Waals surface area contributed by atoms with Gasteiger partial charge in [0.25, 0.3) is 0 Å². The molecule has 0 unspecified atom stereocenters. The predicted molar refractivity (Wildman–Crippen MR) is 107 cm³/mol. The van der Waals surface area contributed by atoms with Gasteiger partial charge in [-0.1, -0.05) is 5.21 Å². The van der Waals surface area contributed by atoms with Crippen LogP contribution in [0.1, 0.15) is 19.5 Å². The number of aliphatic imine (C=N–C) groups is 1. The molecule has 1 fully saturated rings. The van der Waals surface area contributed by atoms with Gasteiger partial charge in [0.05, 0.1) is 30.4 Å². The summed E-state index contributed by atoms with van der Waals surface area (Å²) in [5, 5.41) is 11.0. The van der Waals surface area contributed by atoms with E-state index in [-0.39, 0.29) is 36.3 Å². The van der Waals surface area contributed by atoms with E-state index in [0.717, 1.165) is 0 Å². The highest BCUT2D eigenvalue weighted by molar-refractivity contribution is 14.0. The zero-order valence-corrected chi connectivity index (χ0v) is 18.4. The lowest BCUT2D eigenvalue weighted by Crippen LogP contribution is -2.57. The maximum Gasteiger partial charge on any atom is 0.327 e. The van der Waals surface area contributed by atoms with Gasteiger partial charge in [-0.25, -0.2) is 13.1 Å². The SMILES string of the molecule is CN=C(NCc1cn(CC(=O)OC)nn1)N1CCS(=O)(=O)C(C)(C)C1.I. The van der Waals surface area contributed by atoms with Gasteiger partial charge in [-0.2, -0.15) is 0 Å². The zero-order chi connectivity index (χ0) is 18.7. The minimum atomic E-state index is -3.11. The van der Waals surface area contributed by atoms with Crippen molar-refractivity contribution in [2.45, 2.75) is 31.7 Å². The van der Waals surface area contributed by atoms with Crippen molar-refractivity contribution in [2.75, 3.05) is 33.0 Å². The van der Waals surface area contributed by atoms with Gasteiger partial charge in [0.1, 0.15) is 12.2 Å². The highest BCUT2D eigenvalue weighted by Gasteiger charge is 2.40. The third kappa shape index (κ3) is 5.28. The van der Waals surface area contributed by atoms with Gasteiger partial charge < -0.3 is 15.0 Å². The number of carbonyl (C=O) groups is 1. The molecule has 1 aliphatic heterocycles. The molecule has 1 aromatic rings. The molecular formula is C14H25IN6O4S. The number of guanidine groups is 1. The molecule has 2 rings (SSSR count). The van der Waals surface area contributed by atoms with Gasteiger partial charge in [-0.05, 0) is 13.8 Å². The first-order chi connectivity index (χ1) is 11.7. The van der Waals surface area contributed by atoms with Crippen molar-refractivity contribution in [2.24, 2.45) is 4.99 Å². The normalized spacial score (nSPS) is 18.8. The summed E-state index contributed by atoms with van der Waals surface area (Å²) < 4.78 is 29.4. The highest BCUT2D eigenvalue weighted by Crippen LogP contribution is 2.23. The minimum absolute atomic E-state index is 0. The smallest absolute Gasteiger partial charge is 0.327 e. The minimum Gasteiger partial charge on any atom is -0.468 e. The van der Waals surface area contributed by atoms with E-state index in [4.69, 9.17) is 0 Å². The fourth-order valence-electron chi connectivity index (χ4n) is 2.52. The fraction of sp³-hybridized carbons (Fsp3) is 0.714. The Morgan fingerprint density at radius 1 is 1.46 bits per heavy atom. The lowest BCUT2D eigenvalue weighted by molar-refractivity contribution is -0.141. The van der Waals surface area contributed by atoms with Crippen LogP contribution in [-0.4, -0.2) is 78.0 Å². The number of halogens is 1. The van der Waals surface area contributed by atoms with Gasteiger partial charge in [0, 0.05) is 20.1 Å². The van der Waals surface area contributed by atoms with E-state index < -0.39 is 20.6 Å². The topological polar surface area (TPSA) is 119 Å². The Kier molecular flexibility index (Phi) is 7.80. The van der Waals surface area contributed by atoms with Crippen molar-refractivity contribution in [3.63, 3.8) is 0 Å². The number of hydrogen-bond acceptors (Lipinski definition) is 7. The number of sulfone groups is 1. The average molecular weight is 500 g/mol. The maximum absolute atomic E-state index is 12.1. The second kappa shape index (κ2) is 8.97. The summed E-state index contributed by atoms with van der Waals surface area (Å²) in [6.07, 6.45) is 1.64. The molecule has 0 atom stereocenters. The van der Waals surface area contributed by atoms with E-state index >= 15 is 0 Å². The number of aromatic nitrogens is 3. The van der Waals surface area contributed by atoms with E-state index in [2.05, 4.69) is 25.4 Å². The Bertz CT molecular complexity index is 761. The van der Waals surface area contributed by atoms with E-state index in [1.54, 1.807) is 27.1 Å². The third-order valence-corrected chi connectivity index (χ3v) is 6.62. The first kappa shape index (κ1) is 22.6. The number of nitrogens with zero attached hydrogens (tertiary/aromatic N) is 5. The van der Waals surface area contributed by atoms with Crippen molar-refractivity contribution in [3.8, 4) is 0 Å². The maximum atomic E-state index is 12.1. The Hall–Kier alpha value is -1.44. The molecule has 12 heteroatoms. The van der Waals surface area contributed by atoms with Crippen molar-refractivity contribution in [1.82, 2.24) is 25.2 Å². The third-order valence-electron chi connectivity index (χ3n) is 4.09. The summed E-state index contributed by atoms with van der Waals surface area (Å²) in [5.74, 6) is 0.290. The summed E-state index contributed by atoms with van der Waals surface area (Å²) in [4.78, 5) is 17.4. The summed E-state index contributed by atoms with van der Waals surface area (Å²) in [5.41, 5.74) is 0.633. The number of hydrogen-bond donors (Lipinski definition) is 1. The van der Waals surface area contributed by atoms with Crippen molar-refractivity contribution in [1.29, 1.82) is 0 Å². The van der Waals surface area contributed by atoms with Crippen LogP contribution >= 0.6 is 24.0 Å². The molecule has 1 aliphatic rings. The Labute approximate surface area is 170 Å². The molecule has 0 bridgehead atoms. The molecule has 0 saturated carbocycles. The molecular weight excluding hydrogens is 475 g/mol. The van der Waals surface area contributed by atoms with Gasteiger partial charge in [-0.15, -0.1) is 29.1 Å². The molecule has 0 aliphatic carbocycles. The number of carbonyl (C=O) groups excluding carboxylic acids is 1. The predicted octanol–water partition coefficient (Wildman–Crippen LogP) is -0.346. The number of nitrogens with one attached hydrogen (secondary N) is 1. The van der Waals surface area contributed by atoms with Crippen molar-refractivity contribution < 1.29 is 17.9 Å². The van der Waals surface area contributed by atoms with Crippen LogP contribution in [0.3, 0.4) is 0 Å². The van der Waals surface area contributed by atoms with Crippen LogP contribution in [0.5, 0.6) is 0 Å². The molecule has 10 nitrogen and oxygen atoms in total. The summed E-state index contributed by atoms with van der Waals surface area (Å²) in [6.45, 7) is 4.55. The van der Waals surface area contributed by atoms with E-state index in [1.165, 1.54) is 11.8 Å². The average Bonchev–Trinajstić information content (AvgIpc) is 2.98. The number of methoxy groups -OCH3 is 1. The van der Waals surface area contributed by atoms with Crippen LogP contribution in [-0.2, 0) is 32.5 Å². The molecule has 1 saturated heterocycles. The number of esters is 1. The molecule has 148 valence electrons. The molecule has 0 aromatic carbocycles. The lowest BCUT2D eigenvalue weighted by atomic mass is 10.2. The van der Waals surface area contributed by atoms with Crippen LogP contribution in [0.15, 0.2) is 11.2 Å². The monoisotopic (exact) mass is 500 g/mol. The molecule has 0 amide bonds. The second-order valence-corrected chi connectivity index (χ2v) is 9.13. The summed E-state index contributed by atoms with van der Waals surface area (Å²) in [6, 6.07) is 0. The first-order valence-electron chi connectivity index (χ1n) is 7.82. The van der Waals surface area contributed by atoms with Crippen molar-refractivity contribution >= 4 is 45.7 Å². The summed E-state index contributed by atoms with van der Waals surface area (Å²) in [7, 11) is -0.151. The standard InChI is InChI=1S/C14H24N6O4S.HI/c1-14(2)10-19(5-6-25(14,22)23)13(15-3)16-7-11-8-20(18-17-11)9-12(21)24-4;/h8H,5-7,9-10H2,1-4H3,(H,15,16);1H. The highest BCUT2D eigenvalue weighted by atomic mass is 127. The van der Waals surface area contributed by atoms with Gasteiger partial charge in [-0.3, -0.25) is 9.79 Å². The number of ether oxygens (including phenoxy) is 1. The van der Waals surface area contributed by atoms with E-state index in [1.807, 2.05) is 4.90 Å². The Morgan fingerprint density at radius 2 is 2.15 bits per heavy atom. The van der Waals surface area contributed by atoms with E-state index in [9.17, 15) is 13.2 Å². The molecule has 0 spiro atoms. The molecule has 26 heavy (non-hydrogen) atoms. The Morgan fingerprint density at radius 3 is 2.73 bits per heavy atom. The molecule has 1 N–H and O–H groups in total. The molecule has 0 radical (unpaired) electrons.